The first-order chi connectivity index (χ1) is 17.9. The van der Waals surface area contributed by atoms with Gasteiger partial charge < -0.3 is 9.47 Å². The number of methoxy groups -OCH3 is 2. The van der Waals surface area contributed by atoms with Gasteiger partial charge in [0.2, 0.25) is 5.91 Å². The Morgan fingerprint density at radius 2 is 1.51 bits per heavy atom. The molecule has 37 heavy (non-hydrogen) atoms. The molecular weight excluding hydrogens is 490 g/mol. The Bertz CT molecular complexity index is 1190. The highest BCUT2D eigenvalue weighted by Gasteiger charge is 2.40. The van der Waals surface area contributed by atoms with Crippen molar-refractivity contribution in [3.8, 4) is 11.5 Å². The molecule has 2 aliphatic heterocycles. The summed E-state index contributed by atoms with van der Waals surface area (Å²) in [4.78, 5) is 15.7. The molecule has 0 spiro atoms. The molecule has 2 unspecified atom stereocenters. The van der Waals surface area contributed by atoms with E-state index in [4.69, 9.17) is 14.6 Å². The molecule has 3 aliphatic rings. The van der Waals surface area contributed by atoms with Crippen LogP contribution in [0.3, 0.4) is 0 Å². The maximum Gasteiger partial charge on any atom is 0.247 e. The van der Waals surface area contributed by atoms with Gasteiger partial charge in [-0.2, -0.15) is 15.7 Å². The van der Waals surface area contributed by atoms with Gasteiger partial charge in [0.1, 0.15) is 0 Å². The van der Waals surface area contributed by atoms with Crippen molar-refractivity contribution in [3.05, 3.63) is 71.3 Å². The van der Waals surface area contributed by atoms with Crippen molar-refractivity contribution in [1.82, 2.24) is 9.91 Å². The topological polar surface area (TPSA) is 94.8 Å². The summed E-state index contributed by atoms with van der Waals surface area (Å²) in [6.45, 7) is 2.57. The van der Waals surface area contributed by atoms with E-state index in [1.165, 1.54) is 5.56 Å². The van der Waals surface area contributed by atoms with E-state index < -0.39 is 10.6 Å². The van der Waals surface area contributed by atoms with Gasteiger partial charge in [0.05, 0.1) is 43.9 Å². The number of hydrogen-bond donors (Lipinski definition) is 2. The average Bonchev–Trinajstić information content (AvgIpc) is 2.92. The standard InChI is InChI=1S/C28H35N3O5S/c1-35-25-12-11-22(17-26(25)36-2)27-23-5-3-4-6-24(23)28(32)31(29-27)19-21-9-7-20(8-10-21)18-30-13-15-37(33,34)16-14-30/h3-4,7-12,17,23-24,33-34H,5-6,13-16,18-19H2,1-2H3. The smallest absolute Gasteiger partial charge is 0.247 e. The minimum absolute atomic E-state index is 0.0391. The van der Waals surface area contributed by atoms with Crippen LogP contribution in [0.15, 0.2) is 59.7 Å². The molecule has 1 aliphatic carbocycles. The number of amides is 1. The number of rotatable bonds is 7. The number of benzene rings is 2. The van der Waals surface area contributed by atoms with Crippen molar-refractivity contribution >= 4 is 22.2 Å². The number of carbonyl (C=O) groups excluding carboxylic acids is 1. The van der Waals surface area contributed by atoms with Crippen LogP contribution in [0, 0.1) is 11.8 Å². The molecule has 0 bridgehead atoms. The van der Waals surface area contributed by atoms with Crippen molar-refractivity contribution in [2.45, 2.75) is 25.9 Å². The lowest BCUT2D eigenvalue weighted by Crippen LogP contribution is -2.45. The summed E-state index contributed by atoms with van der Waals surface area (Å²) < 4.78 is 30.6. The maximum absolute atomic E-state index is 13.4. The molecule has 2 heterocycles. The lowest BCUT2D eigenvalue weighted by molar-refractivity contribution is -0.138. The van der Waals surface area contributed by atoms with E-state index >= 15 is 0 Å². The molecule has 0 radical (unpaired) electrons. The molecule has 1 fully saturated rings. The molecule has 5 rings (SSSR count). The molecule has 0 saturated carbocycles. The fourth-order valence-electron chi connectivity index (χ4n) is 5.32. The molecular formula is C28H35N3O5S. The monoisotopic (exact) mass is 525 g/mol. The van der Waals surface area contributed by atoms with Gasteiger partial charge in [-0.25, -0.2) is 5.01 Å². The summed E-state index contributed by atoms with van der Waals surface area (Å²) in [6, 6.07) is 14.1. The molecule has 2 N–H and O–H groups in total. The zero-order chi connectivity index (χ0) is 26.0. The summed E-state index contributed by atoms with van der Waals surface area (Å²) in [5.41, 5.74) is 4.03. The first kappa shape index (κ1) is 25.8. The number of fused-ring (bicyclic) bond motifs is 1. The SMILES string of the molecule is COc1ccc(C2=NN(Cc3ccc(CN4CCS(O)(O)CC4)cc3)C(=O)C3CC=CCC23)cc1OC. The third-order valence-corrected chi connectivity index (χ3v) is 9.17. The fourth-order valence-corrected chi connectivity index (χ4v) is 6.62. The Labute approximate surface area is 219 Å². The van der Waals surface area contributed by atoms with E-state index in [1.54, 1.807) is 19.2 Å². The van der Waals surface area contributed by atoms with Crippen LogP contribution in [0.25, 0.3) is 0 Å². The van der Waals surface area contributed by atoms with E-state index in [9.17, 15) is 13.9 Å². The van der Waals surface area contributed by atoms with Crippen LogP contribution in [-0.2, 0) is 17.9 Å². The van der Waals surface area contributed by atoms with Gasteiger partial charge in [0.25, 0.3) is 0 Å². The Balaban J connectivity index is 1.34. The zero-order valence-electron chi connectivity index (χ0n) is 21.4. The third-order valence-electron chi connectivity index (χ3n) is 7.49. The maximum atomic E-state index is 13.4. The number of hydrazone groups is 1. The molecule has 198 valence electrons. The lowest BCUT2D eigenvalue weighted by atomic mass is 9.76. The average molecular weight is 526 g/mol. The molecule has 1 amide bonds. The van der Waals surface area contributed by atoms with Crippen LogP contribution in [0.2, 0.25) is 0 Å². The number of nitrogens with zero attached hydrogens (tertiary/aromatic N) is 3. The highest BCUT2D eigenvalue weighted by Crippen LogP contribution is 2.40. The van der Waals surface area contributed by atoms with E-state index in [0.29, 0.717) is 49.1 Å². The molecule has 1 saturated heterocycles. The van der Waals surface area contributed by atoms with E-state index in [2.05, 4.69) is 41.3 Å². The van der Waals surface area contributed by atoms with Crippen LogP contribution >= 0.6 is 10.6 Å². The molecule has 0 aromatic heterocycles. The van der Waals surface area contributed by atoms with Crippen molar-refractivity contribution < 1.29 is 23.4 Å². The number of allylic oxidation sites excluding steroid dienone is 2. The summed E-state index contributed by atoms with van der Waals surface area (Å²) in [7, 11) is 0.850. The Hall–Kier alpha value is -2.85. The molecule has 9 heteroatoms. The van der Waals surface area contributed by atoms with E-state index in [-0.39, 0.29) is 17.7 Å². The predicted molar refractivity (Wildman–Crippen MR) is 146 cm³/mol. The second-order valence-electron chi connectivity index (χ2n) is 9.91. The van der Waals surface area contributed by atoms with Crippen LogP contribution < -0.4 is 9.47 Å². The van der Waals surface area contributed by atoms with Crippen LogP contribution in [0.5, 0.6) is 11.5 Å². The third kappa shape index (κ3) is 5.70. The molecule has 2 aromatic rings. The van der Waals surface area contributed by atoms with Gasteiger partial charge >= 0.3 is 0 Å². The normalized spacial score (nSPS) is 24.3. The molecule has 2 atom stereocenters. The van der Waals surface area contributed by atoms with E-state index in [0.717, 1.165) is 29.8 Å². The molecule has 2 aromatic carbocycles. The second-order valence-corrected chi connectivity index (χ2v) is 12.3. The van der Waals surface area contributed by atoms with Gasteiger partial charge in [0.15, 0.2) is 11.5 Å². The van der Waals surface area contributed by atoms with Crippen molar-refractivity contribution in [2.24, 2.45) is 16.9 Å². The Morgan fingerprint density at radius 1 is 0.892 bits per heavy atom. The lowest BCUT2D eigenvalue weighted by Gasteiger charge is -2.41. The van der Waals surface area contributed by atoms with E-state index in [1.807, 2.05) is 18.2 Å². The predicted octanol–water partition coefficient (Wildman–Crippen LogP) is 4.60. The van der Waals surface area contributed by atoms with Crippen LogP contribution in [0.4, 0.5) is 0 Å². The highest BCUT2D eigenvalue weighted by molar-refractivity contribution is 8.24. The summed E-state index contributed by atoms with van der Waals surface area (Å²) >= 11 is 0. The second kappa shape index (κ2) is 10.9. The minimum atomic E-state index is -2.39. The Morgan fingerprint density at radius 3 is 2.16 bits per heavy atom. The Kier molecular flexibility index (Phi) is 7.57. The quantitative estimate of drug-likeness (QED) is 0.513. The zero-order valence-corrected chi connectivity index (χ0v) is 22.2. The number of carbonyl (C=O) groups is 1. The molecule has 8 nitrogen and oxygen atoms in total. The van der Waals surface area contributed by atoms with Crippen LogP contribution in [0.1, 0.15) is 29.5 Å². The summed E-state index contributed by atoms with van der Waals surface area (Å²) in [5.74, 6) is 2.17. The minimum Gasteiger partial charge on any atom is -0.493 e. The summed E-state index contributed by atoms with van der Waals surface area (Å²) in [6.07, 6.45) is 5.75. The van der Waals surface area contributed by atoms with Crippen molar-refractivity contribution in [2.75, 3.05) is 38.8 Å². The van der Waals surface area contributed by atoms with Gasteiger partial charge in [0, 0.05) is 31.1 Å². The first-order valence-electron chi connectivity index (χ1n) is 12.7. The van der Waals surface area contributed by atoms with Crippen molar-refractivity contribution in [3.63, 3.8) is 0 Å². The summed E-state index contributed by atoms with van der Waals surface area (Å²) in [5, 5.41) is 6.51. The number of hydrogen-bond acceptors (Lipinski definition) is 7. The first-order valence-corrected chi connectivity index (χ1v) is 14.6. The van der Waals surface area contributed by atoms with Gasteiger partial charge in [-0.3, -0.25) is 18.8 Å². The fraction of sp³-hybridized carbons (Fsp3) is 0.429. The van der Waals surface area contributed by atoms with Gasteiger partial charge in [-0.1, -0.05) is 36.4 Å². The number of ether oxygens (including phenoxy) is 2. The highest BCUT2D eigenvalue weighted by atomic mass is 32.3. The van der Waals surface area contributed by atoms with Gasteiger partial charge in [-0.15, -0.1) is 0 Å². The largest absolute Gasteiger partial charge is 0.493 e. The van der Waals surface area contributed by atoms with Crippen molar-refractivity contribution in [1.29, 1.82) is 0 Å². The van der Waals surface area contributed by atoms with Crippen LogP contribution in [-0.4, -0.2) is 69.4 Å². The van der Waals surface area contributed by atoms with Gasteiger partial charge in [-0.05, 0) is 42.2 Å².